The fourth-order valence-corrected chi connectivity index (χ4v) is 3.81. The molecule has 0 fully saturated rings. The highest BCUT2D eigenvalue weighted by molar-refractivity contribution is 6.30. The Kier molecular flexibility index (Phi) is 6.70. The highest BCUT2D eigenvalue weighted by atomic mass is 35.5. The van der Waals surface area contributed by atoms with E-state index in [1.807, 2.05) is 36.4 Å². The maximum atomic E-state index is 12.3. The van der Waals surface area contributed by atoms with Crippen LogP contribution in [0.2, 0.25) is 5.02 Å². The number of aryl methyl sites for hydroxylation is 2. The van der Waals surface area contributed by atoms with Crippen molar-refractivity contribution in [1.29, 1.82) is 5.26 Å². The zero-order valence-corrected chi connectivity index (χ0v) is 19.5. The second-order valence-electron chi connectivity index (χ2n) is 7.80. The number of anilines is 1. The van der Waals surface area contributed by atoms with Gasteiger partial charge >= 0.3 is 5.69 Å². The Morgan fingerprint density at radius 3 is 2.47 bits per heavy atom. The molecular formula is C24H23ClN6O3. The lowest BCUT2D eigenvalue weighted by Crippen LogP contribution is -2.37. The number of nitrogens with one attached hydrogen (secondary N) is 1. The Morgan fingerprint density at radius 2 is 1.79 bits per heavy atom. The minimum Gasteiger partial charge on any atom is -0.494 e. The number of nitriles is 1. The summed E-state index contributed by atoms with van der Waals surface area (Å²) in [6.07, 6.45) is 2.21. The summed E-state index contributed by atoms with van der Waals surface area (Å²) < 4.78 is 10.1. The monoisotopic (exact) mass is 478 g/mol. The van der Waals surface area contributed by atoms with Gasteiger partial charge in [0.2, 0.25) is 0 Å². The van der Waals surface area contributed by atoms with E-state index in [1.165, 1.54) is 11.6 Å². The third-order valence-electron chi connectivity index (χ3n) is 5.52. The van der Waals surface area contributed by atoms with Crippen molar-refractivity contribution in [3.63, 3.8) is 0 Å². The Balaban J connectivity index is 1.35. The van der Waals surface area contributed by atoms with Crippen molar-refractivity contribution in [3.8, 4) is 11.8 Å². The summed E-state index contributed by atoms with van der Waals surface area (Å²) in [5, 5.41) is 13.4. The van der Waals surface area contributed by atoms with Crippen LogP contribution in [0.1, 0.15) is 18.0 Å². The van der Waals surface area contributed by atoms with Crippen molar-refractivity contribution in [2.45, 2.75) is 19.0 Å². The number of benzene rings is 2. The van der Waals surface area contributed by atoms with Crippen LogP contribution in [0.25, 0.3) is 11.2 Å². The molecule has 0 aliphatic heterocycles. The van der Waals surface area contributed by atoms with Gasteiger partial charge < -0.3 is 14.6 Å². The van der Waals surface area contributed by atoms with Gasteiger partial charge in [0.05, 0.1) is 19.0 Å². The van der Waals surface area contributed by atoms with E-state index in [2.05, 4.69) is 16.4 Å². The van der Waals surface area contributed by atoms with E-state index in [1.54, 1.807) is 30.1 Å². The number of fused-ring (bicyclic) bond motifs is 1. The number of ether oxygens (including phenoxy) is 1. The summed E-state index contributed by atoms with van der Waals surface area (Å²) in [6.45, 7) is 0.971. The molecule has 1 unspecified atom stereocenters. The molecule has 0 aliphatic rings. The zero-order chi connectivity index (χ0) is 24.2. The average molecular weight is 479 g/mol. The van der Waals surface area contributed by atoms with Gasteiger partial charge in [0.1, 0.15) is 17.4 Å². The van der Waals surface area contributed by atoms with Gasteiger partial charge in [-0.05, 0) is 48.4 Å². The number of halogens is 1. The van der Waals surface area contributed by atoms with E-state index in [-0.39, 0.29) is 5.52 Å². The Hall–Kier alpha value is -4.03. The van der Waals surface area contributed by atoms with Crippen LogP contribution in [-0.4, -0.2) is 25.3 Å². The van der Waals surface area contributed by atoms with Crippen LogP contribution in [0.4, 0.5) is 5.69 Å². The number of hydrogen-bond donors (Lipinski definition) is 1. The molecule has 9 nitrogen and oxygen atoms in total. The van der Waals surface area contributed by atoms with Crippen molar-refractivity contribution in [2.24, 2.45) is 14.1 Å². The third-order valence-corrected chi connectivity index (χ3v) is 5.77. The first-order valence-electron chi connectivity index (χ1n) is 10.6. The van der Waals surface area contributed by atoms with Gasteiger partial charge in [-0.1, -0.05) is 23.7 Å². The Morgan fingerprint density at radius 1 is 1.09 bits per heavy atom. The van der Waals surface area contributed by atoms with Crippen molar-refractivity contribution in [3.05, 3.63) is 86.3 Å². The van der Waals surface area contributed by atoms with Crippen molar-refractivity contribution in [2.75, 3.05) is 11.9 Å². The summed E-state index contributed by atoms with van der Waals surface area (Å²) in [5.74, 6) is 0.684. The predicted octanol–water partition coefficient (Wildman–Crippen LogP) is 3.23. The molecule has 0 radical (unpaired) electrons. The first kappa shape index (κ1) is 23.1. The van der Waals surface area contributed by atoms with Crippen molar-refractivity contribution in [1.82, 2.24) is 18.7 Å². The molecule has 0 bridgehead atoms. The van der Waals surface area contributed by atoms with Gasteiger partial charge in [-0.25, -0.2) is 9.78 Å². The minimum absolute atomic E-state index is 0.264. The molecule has 0 amide bonds. The van der Waals surface area contributed by atoms with Crippen molar-refractivity contribution < 1.29 is 4.74 Å². The molecule has 0 saturated carbocycles. The normalized spacial score (nSPS) is 11.8. The quantitative estimate of drug-likeness (QED) is 0.390. The molecule has 174 valence electrons. The molecule has 0 spiro atoms. The molecule has 1 atom stereocenters. The average Bonchev–Trinajstić information content (AvgIpc) is 3.28. The van der Waals surface area contributed by atoms with E-state index >= 15 is 0 Å². The Bertz CT molecular complexity index is 1460. The third kappa shape index (κ3) is 4.67. The molecule has 0 saturated heterocycles. The minimum atomic E-state index is -0.510. The van der Waals surface area contributed by atoms with E-state index < -0.39 is 17.3 Å². The van der Waals surface area contributed by atoms with Gasteiger partial charge in [-0.3, -0.25) is 13.9 Å². The molecule has 0 aliphatic carbocycles. The molecule has 2 aromatic heterocycles. The molecule has 4 aromatic rings. The van der Waals surface area contributed by atoms with Gasteiger partial charge in [-0.2, -0.15) is 5.26 Å². The SMILES string of the molecule is Cn1c(=O)c2ncn(CCCOc3ccc(C(C#N)Nc4ccc(Cl)cc4)cc3)c2n(C)c1=O. The summed E-state index contributed by atoms with van der Waals surface area (Å²) in [6, 6.07) is 16.3. The molecule has 2 aromatic carbocycles. The lowest BCUT2D eigenvalue weighted by Gasteiger charge is -2.14. The molecule has 1 N–H and O–H groups in total. The maximum absolute atomic E-state index is 12.3. The van der Waals surface area contributed by atoms with Gasteiger partial charge in [0.25, 0.3) is 5.56 Å². The lowest BCUT2D eigenvalue weighted by atomic mass is 10.1. The largest absolute Gasteiger partial charge is 0.494 e. The van der Waals surface area contributed by atoms with Crippen LogP contribution in [0, 0.1) is 11.3 Å². The highest BCUT2D eigenvalue weighted by Crippen LogP contribution is 2.23. The molecule has 4 rings (SSSR count). The summed E-state index contributed by atoms with van der Waals surface area (Å²) in [7, 11) is 3.06. The van der Waals surface area contributed by atoms with Crippen LogP contribution in [0.3, 0.4) is 0 Å². The second-order valence-corrected chi connectivity index (χ2v) is 8.24. The fourth-order valence-electron chi connectivity index (χ4n) is 3.69. The smallest absolute Gasteiger partial charge is 0.332 e. The summed E-state index contributed by atoms with van der Waals surface area (Å²) in [4.78, 5) is 28.7. The maximum Gasteiger partial charge on any atom is 0.332 e. The fraction of sp³-hybridized carbons (Fsp3) is 0.250. The number of hydrogen-bond acceptors (Lipinski definition) is 6. The second kappa shape index (κ2) is 9.85. The Labute approximate surface area is 200 Å². The summed E-state index contributed by atoms with van der Waals surface area (Å²) in [5.41, 5.74) is 1.58. The summed E-state index contributed by atoms with van der Waals surface area (Å²) >= 11 is 5.91. The van der Waals surface area contributed by atoms with Gasteiger partial charge in [-0.15, -0.1) is 0 Å². The van der Waals surface area contributed by atoms with E-state index in [4.69, 9.17) is 16.3 Å². The molecule has 10 heteroatoms. The number of imidazole rings is 1. The lowest BCUT2D eigenvalue weighted by molar-refractivity contribution is 0.302. The molecular weight excluding hydrogens is 456 g/mol. The zero-order valence-electron chi connectivity index (χ0n) is 18.7. The standard InChI is InChI=1S/C24H23ClN6O3/c1-29-22-21(23(32)30(2)24(29)33)27-15-31(22)12-3-13-34-19-10-4-16(5-11-19)20(14-26)28-18-8-6-17(25)7-9-18/h4-11,15,20,28H,3,12-13H2,1-2H3. The number of nitrogens with zero attached hydrogens (tertiary/aromatic N) is 5. The predicted molar refractivity (Wildman–Crippen MR) is 130 cm³/mol. The van der Waals surface area contributed by atoms with E-state index in [0.717, 1.165) is 15.8 Å². The molecule has 34 heavy (non-hydrogen) atoms. The van der Waals surface area contributed by atoms with Crippen molar-refractivity contribution >= 4 is 28.5 Å². The van der Waals surface area contributed by atoms with Crippen LogP contribution < -0.4 is 21.3 Å². The van der Waals surface area contributed by atoms with Crippen LogP contribution in [-0.2, 0) is 20.6 Å². The van der Waals surface area contributed by atoms with E-state index in [9.17, 15) is 14.9 Å². The first-order valence-corrected chi connectivity index (χ1v) is 11.0. The highest BCUT2D eigenvalue weighted by Gasteiger charge is 2.14. The number of aromatic nitrogens is 4. The van der Waals surface area contributed by atoms with Crippen LogP contribution in [0.5, 0.6) is 5.75 Å². The topological polar surface area (TPSA) is 107 Å². The van der Waals surface area contributed by atoms with Gasteiger partial charge in [0, 0.05) is 31.4 Å². The molecule has 2 heterocycles. The van der Waals surface area contributed by atoms with Crippen LogP contribution in [0.15, 0.2) is 64.4 Å². The number of rotatable bonds is 8. The van der Waals surface area contributed by atoms with Gasteiger partial charge in [0.15, 0.2) is 5.52 Å². The first-order chi connectivity index (χ1) is 16.4. The van der Waals surface area contributed by atoms with E-state index in [0.29, 0.717) is 36.0 Å². The van der Waals surface area contributed by atoms with Crippen LogP contribution >= 0.6 is 11.6 Å².